The molecule has 2 saturated carbocycles. The van der Waals surface area contributed by atoms with E-state index < -0.39 is 11.7 Å². The monoisotopic (exact) mass is 333 g/mol. The maximum atomic E-state index is 14.1. The lowest BCUT2D eigenvalue weighted by Gasteiger charge is -2.08. The molecule has 2 aliphatic carbocycles. The number of Topliss-reactive ketones (excluding diaryl/α,β-unsaturated/α-hetero) is 1. The van der Waals surface area contributed by atoms with E-state index in [0.29, 0.717) is 12.0 Å². The maximum Gasteiger partial charge on any atom is 0.254 e. The van der Waals surface area contributed by atoms with Crippen molar-refractivity contribution in [3.8, 4) is 0 Å². The first-order chi connectivity index (χ1) is 11.6. The van der Waals surface area contributed by atoms with E-state index in [1.807, 2.05) is 0 Å². The van der Waals surface area contributed by atoms with E-state index in [4.69, 9.17) is 0 Å². The van der Waals surface area contributed by atoms with Crippen LogP contribution in [0.2, 0.25) is 0 Å². The van der Waals surface area contributed by atoms with Crippen LogP contribution >= 0.6 is 0 Å². The standard InChI is InChI=1S/C14H16FNO2.C6H12/c1-2-10(17)8-16-14(18)12-5-3-4-11(13(12)15)9-6-7-9;1-2-4-6-5-3-1/h3-5,9H,2,6-8H2,1H3,(H,16,18);1-6H2. The molecule has 132 valence electrons. The number of carbonyl (C=O) groups is 2. The van der Waals surface area contributed by atoms with Crippen molar-refractivity contribution in [2.45, 2.75) is 70.6 Å². The first kappa shape index (κ1) is 18.6. The predicted octanol–water partition coefficient (Wildman–Crippen LogP) is 4.75. The van der Waals surface area contributed by atoms with Gasteiger partial charge in [0.15, 0.2) is 5.78 Å². The van der Waals surface area contributed by atoms with Crippen LogP contribution in [-0.2, 0) is 4.79 Å². The minimum Gasteiger partial charge on any atom is -0.345 e. The normalized spacial score (nSPS) is 16.8. The topological polar surface area (TPSA) is 46.2 Å². The molecule has 0 unspecified atom stereocenters. The Labute approximate surface area is 144 Å². The largest absolute Gasteiger partial charge is 0.345 e. The van der Waals surface area contributed by atoms with Crippen LogP contribution in [0.1, 0.15) is 86.6 Å². The summed E-state index contributed by atoms with van der Waals surface area (Å²) in [6.07, 6.45) is 11.3. The Kier molecular flexibility index (Phi) is 7.41. The summed E-state index contributed by atoms with van der Waals surface area (Å²) in [7, 11) is 0. The zero-order valence-electron chi connectivity index (χ0n) is 14.6. The van der Waals surface area contributed by atoms with Crippen LogP contribution in [0, 0.1) is 5.82 Å². The van der Waals surface area contributed by atoms with Crippen LogP contribution < -0.4 is 5.32 Å². The van der Waals surface area contributed by atoms with Gasteiger partial charge in [0.2, 0.25) is 0 Å². The number of halogens is 1. The zero-order valence-corrected chi connectivity index (χ0v) is 14.6. The Morgan fingerprint density at radius 3 is 2.17 bits per heavy atom. The number of amides is 1. The van der Waals surface area contributed by atoms with E-state index in [9.17, 15) is 14.0 Å². The fourth-order valence-corrected chi connectivity index (χ4v) is 2.89. The lowest BCUT2D eigenvalue weighted by molar-refractivity contribution is -0.117. The van der Waals surface area contributed by atoms with Crippen molar-refractivity contribution in [1.29, 1.82) is 0 Å². The van der Waals surface area contributed by atoms with Crippen LogP contribution in [0.25, 0.3) is 0 Å². The number of hydrogen-bond acceptors (Lipinski definition) is 2. The molecule has 1 amide bonds. The fraction of sp³-hybridized carbons (Fsp3) is 0.600. The molecule has 0 saturated heterocycles. The molecule has 3 rings (SSSR count). The second-order valence-corrected chi connectivity index (χ2v) is 6.68. The van der Waals surface area contributed by atoms with Gasteiger partial charge in [0, 0.05) is 6.42 Å². The van der Waals surface area contributed by atoms with Crippen molar-refractivity contribution in [2.24, 2.45) is 0 Å². The van der Waals surface area contributed by atoms with Gasteiger partial charge in [-0.15, -0.1) is 0 Å². The third-order valence-corrected chi connectivity index (χ3v) is 4.63. The van der Waals surface area contributed by atoms with Gasteiger partial charge in [0.1, 0.15) is 5.82 Å². The van der Waals surface area contributed by atoms with Crippen molar-refractivity contribution in [3.05, 3.63) is 35.1 Å². The minimum absolute atomic E-state index is 0.0308. The Bertz CT molecular complexity index is 551. The van der Waals surface area contributed by atoms with Crippen molar-refractivity contribution in [3.63, 3.8) is 0 Å². The molecule has 1 aromatic rings. The summed E-state index contributed by atoms with van der Waals surface area (Å²) in [4.78, 5) is 22.9. The van der Waals surface area contributed by atoms with Gasteiger partial charge < -0.3 is 5.32 Å². The van der Waals surface area contributed by atoms with Crippen LogP contribution in [-0.4, -0.2) is 18.2 Å². The van der Waals surface area contributed by atoms with Gasteiger partial charge in [-0.2, -0.15) is 0 Å². The molecule has 1 aromatic carbocycles. The molecule has 24 heavy (non-hydrogen) atoms. The molecule has 0 bridgehead atoms. The second-order valence-electron chi connectivity index (χ2n) is 6.68. The Morgan fingerprint density at radius 1 is 1.08 bits per heavy atom. The van der Waals surface area contributed by atoms with Gasteiger partial charge in [0.25, 0.3) is 5.91 Å². The number of ketones is 1. The molecule has 2 fully saturated rings. The Hall–Kier alpha value is -1.71. The molecule has 0 spiro atoms. The quantitative estimate of drug-likeness (QED) is 0.845. The van der Waals surface area contributed by atoms with Gasteiger partial charge in [-0.3, -0.25) is 9.59 Å². The SMILES string of the molecule is C1CCCCC1.CCC(=O)CNC(=O)c1cccc(C2CC2)c1F. The molecule has 1 N–H and O–H groups in total. The first-order valence-corrected chi connectivity index (χ1v) is 9.21. The molecule has 4 heteroatoms. The average Bonchev–Trinajstić information content (AvgIpc) is 3.46. The molecule has 3 nitrogen and oxygen atoms in total. The van der Waals surface area contributed by atoms with Crippen LogP contribution in [0.5, 0.6) is 0 Å². The lowest BCUT2D eigenvalue weighted by atomic mass is 10.0. The first-order valence-electron chi connectivity index (χ1n) is 9.21. The second kappa shape index (κ2) is 9.55. The Morgan fingerprint density at radius 2 is 1.67 bits per heavy atom. The third-order valence-electron chi connectivity index (χ3n) is 4.63. The lowest BCUT2D eigenvalue weighted by Crippen LogP contribution is -2.30. The van der Waals surface area contributed by atoms with Crippen LogP contribution in [0.15, 0.2) is 18.2 Å². The number of benzene rings is 1. The summed E-state index contributed by atoms with van der Waals surface area (Å²) >= 11 is 0. The number of rotatable bonds is 5. The van der Waals surface area contributed by atoms with Gasteiger partial charge >= 0.3 is 0 Å². The molecule has 0 heterocycles. The molecule has 0 aliphatic heterocycles. The maximum absolute atomic E-state index is 14.1. The number of nitrogens with one attached hydrogen (secondary N) is 1. The minimum atomic E-state index is -0.517. The van der Waals surface area contributed by atoms with Crippen molar-refractivity contribution >= 4 is 11.7 Å². The van der Waals surface area contributed by atoms with Gasteiger partial charge in [-0.25, -0.2) is 4.39 Å². The third kappa shape index (κ3) is 5.73. The smallest absolute Gasteiger partial charge is 0.254 e. The molecule has 2 aliphatic rings. The van der Waals surface area contributed by atoms with E-state index >= 15 is 0 Å². The summed E-state index contributed by atoms with van der Waals surface area (Å²) in [6, 6.07) is 4.86. The molecular weight excluding hydrogens is 305 g/mol. The van der Waals surface area contributed by atoms with Crippen molar-refractivity contribution in [1.82, 2.24) is 5.32 Å². The van der Waals surface area contributed by atoms with Crippen molar-refractivity contribution < 1.29 is 14.0 Å². The molecule has 0 radical (unpaired) electrons. The van der Waals surface area contributed by atoms with E-state index in [0.717, 1.165) is 12.8 Å². The summed E-state index contributed by atoms with van der Waals surface area (Å²) in [5, 5.41) is 2.45. The van der Waals surface area contributed by atoms with Gasteiger partial charge in [-0.1, -0.05) is 57.6 Å². The molecular formula is C20H28FNO2. The summed E-state index contributed by atoms with van der Waals surface area (Å²) < 4.78 is 14.1. The summed E-state index contributed by atoms with van der Waals surface area (Å²) in [6.45, 7) is 1.69. The van der Waals surface area contributed by atoms with E-state index in [1.165, 1.54) is 44.6 Å². The van der Waals surface area contributed by atoms with E-state index in [1.54, 1.807) is 19.1 Å². The zero-order chi connectivity index (χ0) is 17.4. The fourth-order valence-electron chi connectivity index (χ4n) is 2.89. The van der Waals surface area contributed by atoms with Crippen LogP contribution in [0.3, 0.4) is 0 Å². The molecule has 0 atom stereocenters. The Balaban J connectivity index is 0.000000292. The van der Waals surface area contributed by atoms with Gasteiger partial charge in [-0.05, 0) is 30.4 Å². The highest BCUT2D eigenvalue weighted by atomic mass is 19.1. The summed E-state index contributed by atoms with van der Waals surface area (Å²) in [5.41, 5.74) is 0.646. The van der Waals surface area contributed by atoms with Crippen LogP contribution in [0.4, 0.5) is 4.39 Å². The number of hydrogen-bond donors (Lipinski definition) is 1. The number of carbonyl (C=O) groups excluding carboxylic acids is 2. The van der Waals surface area contributed by atoms with E-state index in [2.05, 4.69) is 5.32 Å². The highest BCUT2D eigenvalue weighted by molar-refractivity contribution is 5.97. The van der Waals surface area contributed by atoms with Gasteiger partial charge in [0.05, 0.1) is 12.1 Å². The summed E-state index contributed by atoms with van der Waals surface area (Å²) in [5.74, 6) is -0.768. The highest BCUT2D eigenvalue weighted by Crippen LogP contribution is 2.41. The predicted molar refractivity (Wildman–Crippen MR) is 93.7 cm³/mol. The average molecular weight is 333 g/mol. The molecule has 0 aromatic heterocycles. The van der Waals surface area contributed by atoms with E-state index in [-0.39, 0.29) is 23.8 Å². The van der Waals surface area contributed by atoms with Crippen molar-refractivity contribution in [2.75, 3.05) is 6.54 Å². The highest BCUT2D eigenvalue weighted by Gasteiger charge is 2.28.